The fourth-order valence-corrected chi connectivity index (χ4v) is 3.25. The summed E-state index contributed by atoms with van der Waals surface area (Å²) in [6, 6.07) is 10.1. The Morgan fingerprint density at radius 3 is 2.77 bits per heavy atom. The van der Waals surface area contributed by atoms with E-state index in [4.69, 9.17) is 9.47 Å². The summed E-state index contributed by atoms with van der Waals surface area (Å²) >= 11 is 1.13. The van der Waals surface area contributed by atoms with Crippen LogP contribution in [0.3, 0.4) is 0 Å². The number of nitrogens with one attached hydrogen (secondary N) is 1. The van der Waals surface area contributed by atoms with Crippen LogP contribution in [0.15, 0.2) is 36.4 Å². The number of carbonyl (C=O) groups is 1. The molecule has 9 heteroatoms. The number of benzene rings is 2. The van der Waals surface area contributed by atoms with Gasteiger partial charge in [-0.25, -0.2) is 4.98 Å². The summed E-state index contributed by atoms with van der Waals surface area (Å²) < 4.78 is 11.2. The molecule has 1 N–H and O–H groups in total. The van der Waals surface area contributed by atoms with E-state index in [9.17, 15) is 14.9 Å². The Hall–Kier alpha value is -3.20. The lowest BCUT2D eigenvalue weighted by atomic mass is 10.2. The van der Waals surface area contributed by atoms with Gasteiger partial charge in [-0.15, -0.1) is 0 Å². The van der Waals surface area contributed by atoms with Gasteiger partial charge >= 0.3 is 0 Å². The van der Waals surface area contributed by atoms with Crippen LogP contribution in [0.5, 0.6) is 11.5 Å². The third-order valence-corrected chi connectivity index (χ3v) is 4.49. The zero-order chi connectivity index (χ0) is 18.7. The van der Waals surface area contributed by atoms with Crippen molar-refractivity contribution < 1.29 is 19.2 Å². The summed E-state index contributed by atoms with van der Waals surface area (Å²) in [4.78, 5) is 26.9. The zero-order valence-corrected chi connectivity index (χ0v) is 14.8. The van der Waals surface area contributed by atoms with E-state index in [1.165, 1.54) is 19.2 Å². The standard InChI is InChI=1S/C17H15N3O5S/c1-10-5-3-4-6-12(10)25-9-15(21)18-17-19-16-13(24-2)7-11(20(22)23)8-14(16)26-17/h3-8H,9H2,1-2H3,(H,18,19,21). The number of nitrogens with zero attached hydrogens (tertiary/aromatic N) is 2. The van der Waals surface area contributed by atoms with Gasteiger partial charge in [0.1, 0.15) is 11.3 Å². The number of non-ortho nitro benzene ring substituents is 1. The molecule has 0 atom stereocenters. The van der Waals surface area contributed by atoms with Crippen LogP contribution >= 0.6 is 11.3 Å². The van der Waals surface area contributed by atoms with E-state index in [-0.39, 0.29) is 24.0 Å². The number of carbonyl (C=O) groups excluding carboxylic acids is 1. The van der Waals surface area contributed by atoms with Gasteiger partial charge in [0.05, 0.1) is 22.8 Å². The molecule has 0 unspecified atom stereocenters. The van der Waals surface area contributed by atoms with Gasteiger partial charge in [0, 0.05) is 6.07 Å². The Labute approximate surface area is 152 Å². The van der Waals surface area contributed by atoms with E-state index >= 15 is 0 Å². The topological polar surface area (TPSA) is 104 Å². The lowest BCUT2D eigenvalue weighted by molar-refractivity contribution is -0.384. The van der Waals surface area contributed by atoms with Crippen molar-refractivity contribution in [2.24, 2.45) is 0 Å². The number of nitro groups is 1. The highest BCUT2D eigenvalue weighted by atomic mass is 32.1. The molecule has 3 aromatic rings. The summed E-state index contributed by atoms with van der Waals surface area (Å²) in [6.07, 6.45) is 0. The van der Waals surface area contributed by atoms with E-state index in [1.54, 1.807) is 6.07 Å². The molecular weight excluding hydrogens is 358 g/mol. The van der Waals surface area contributed by atoms with Gasteiger partial charge in [0.2, 0.25) is 0 Å². The number of hydrogen-bond donors (Lipinski definition) is 1. The first kappa shape index (κ1) is 17.6. The molecule has 0 fully saturated rings. The van der Waals surface area contributed by atoms with Crippen LogP contribution in [0, 0.1) is 17.0 Å². The maximum absolute atomic E-state index is 12.1. The van der Waals surface area contributed by atoms with Crippen molar-refractivity contribution in [1.29, 1.82) is 0 Å². The summed E-state index contributed by atoms with van der Waals surface area (Å²) in [5.74, 6) is 0.534. The second-order valence-electron chi connectivity index (χ2n) is 5.37. The van der Waals surface area contributed by atoms with Crippen molar-refractivity contribution in [3.05, 3.63) is 52.1 Å². The number of nitro benzene ring substituents is 1. The van der Waals surface area contributed by atoms with Crippen LogP contribution in [0.2, 0.25) is 0 Å². The average molecular weight is 373 g/mol. The van der Waals surface area contributed by atoms with E-state index in [0.29, 0.717) is 21.1 Å². The van der Waals surface area contributed by atoms with Gasteiger partial charge in [-0.3, -0.25) is 20.2 Å². The SMILES string of the molecule is COc1cc([N+](=O)[O-])cc2sc(NC(=O)COc3ccccc3C)nc12. The molecule has 0 radical (unpaired) electrons. The number of aryl methyl sites for hydroxylation is 1. The second-order valence-corrected chi connectivity index (χ2v) is 6.40. The summed E-state index contributed by atoms with van der Waals surface area (Å²) in [5.41, 5.74) is 1.29. The van der Waals surface area contributed by atoms with Crippen molar-refractivity contribution in [2.75, 3.05) is 19.0 Å². The molecule has 0 aliphatic carbocycles. The molecule has 0 saturated heterocycles. The third kappa shape index (κ3) is 3.72. The van der Waals surface area contributed by atoms with Gasteiger partial charge in [0.25, 0.3) is 11.6 Å². The number of ether oxygens (including phenoxy) is 2. The maximum Gasteiger partial charge on any atom is 0.274 e. The highest BCUT2D eigenvalue weighted by molar-refractivity contribution is 7.22. The van der Waals surface area contributed by atoms with Gasteiger partial charge in [0.15, 0.2) is 17.5 Å². The molecule has 8 nitrogen and oxygen atoms in total. The molecule has 1 amide bonds. The number of thiazole rings is 1. The fourth-order valence-electron chi connectivity index (χ4n) is 2.32. The highest BCUT2D eigenvalue weighted by Gasteiger charge is 2.17. The normalized spacial score (nSPS) is 10.5. The average Bonchev–Trinajstić information content (AvgIpc) is 3.02. The number of hydrogen-bond acceptors (Lipinski definition) is 7. The number of fused-ring (bicyclic) bond motifs is 1. The van der Waals surface area contributed by atoms with E-state index in [2.05, 4.69) is 10.3 Å². The first-order chi connectivity index (χ1) is 12.5. The molecule has 1 aromatic heterocycles. The highest BCUT2D eigenvalue weighted by Crippen LogP contribution is 2.36. The van der Waals surface area contributed by atoms with E-state index < -0.39 is 4.92 Å². The van der Waals surface area contributed by atoms with Crippen LogP contribution in [0.25, 0.3) is 10.2 Å². The van der Waals surface area contributed by atoms with E-state index in [1.807, 2.05) is 25.1 Å². The summed E-state index contributed by atoms with van der Waals surface area (Å²) in [6.45, 7) is 1.72. The van der Waals surface area contributed by atoms with Gasteiger partial charge in [-0.1, -0.05) is 29.5 Å². The van der Waals surface area contributed by atoms with Crippen LogP contribution in [0.4, 0.5) is 10.8 Å². The molecule has 134 valence electrons. The summed E-state index contributed by atoms with van der Waals surface area (Å²) in [7, 11) is 1.41. The van der Waals surface area contributed by atoms with Crippen LogP contribution in [-0.4, -0.2) is 29.5 Å². The number of methoxy groups -OCH3 is 1. The molecule has 0 aliphatic rings. The Kier molecular flexibility index (Phi) is 4.99. The van der Waals surface area contributed by atoms with E-state index in [0.717, 1.165) is 16.9 Å². The Balaban J connectivity index is 1.75. The lowest BCUT2D eigenvalue weighted by Crippen LogP contribution is -2.20. The van der Waals surface area contributed by atoms with Crippen molar-refractivity contribution in [2.45, 2.75) is 6.92 Å². The molecular formula is C17H15N3O5S. The second kappa shape index (κ2) is 7.36. The molecule has 3 rings (SSSR count). The van der Waals surface area contributed by atoms with Crippen molar-refractivity contribution in [3.63, 3.8) is 0 Å². The number of anilines is 1. The summed E-state index contributed by atoms with van der Waals surface area (Å²) in [5, 5.41) is 13.9. The predicted octanol–water partition coefficient (Wildman–Crippen LogP) is 3.54. The molecule has 1 heterocycles. The largest absolute Gasteiger partial charge is 0.494 e. The zero-order valence-electron chi connectivity index (χ0n) is 14.0. The molecule has 26 heavy (non-hydrogen) atoms. The smallest absolute Gasteiger partial charge is 0.274 e. The molecule has 0 bridgehead atoms. The maximum atomic E-state index is 12.1. The lowest BCUT2D eigenvalue weighted by Gasteiger charge is -2.07. The predicted molar refractivity (Wildman–Crippen MR) is 98.1 cm³/mol. The van der Waals surface area contributed by atoms with Crippen LogP contribution in [0.1, 0.15) is 5.56 Å². The quantitative estimate of drug-likeness (QED) is 0.523. The Morgan fingerprint density at radius 2 is 2.08 bits per heavy atom. The van der Waals surface area contributed by atoms with Crippen molar-refractivity contribution in [1.82, 2.24) is 4.98 Å². The molecule has 2 aromatic carbocycles. The van der Waals surface area contributed by atoms with Crippen molar-refractivity contribution in [3.8, 4) is 11.5 Å². The Morgan fingerprint density at radius 1 is 1.31 bits per heavy atom. The van der Waals surface area contributed by atoms with Gasteiger partial charge in [-0.2, -0.15) is 0 Å². The van der Waals surface area contributed by atoms with Gasteiger partial charge in [-0.05, 0) is 18.6 Å². The molecule has 0 spiro atoms. The van der Waals surface area contributed by atoms with Gasteiger partial charge < -0.3 is 9.47 Å². The minimum absolute atomic E-state index is 0.0984. The minimum atomic E-state index is -0.504. The monoisotopic (exact) mass is 373 g/mol. The Bertz CT molecular complexity index is 986. The number of rotatable bonds is 6. The first-order valence-electron chi connectivity index (χ1n) is 7.59. The minimum Gasteiger partial charge on any atom is -0.494 e. The number of aromatic nitrogens is 1. The first-order valence-corrected chi connectivity index (χ1v) is 8.41. The van der Waals surface area contributed by atoms with Crippen LogP contribution < -0.4 is 14.8 Å². The third-order valence-electron chi connectivity index (χ3n) is 3.57. The number of amides is 1. The number of para-hydroxylation sites is 1. The van der Waals surface area contributed by atoms with Crippen molar-refractivity contribution >= 4 is 38.3 Å². The molecule has 0 saturated carbocycles. The molecule has 0 aliphatic heterocycles. The fraction of sp³-hybridized carbons (Fsp3) is 0.176. The van der Waals surface area contributed by atoms with Crippen LogP contribution in [-0.2, 0) is 4.79 Å².